The maximum Gasteiger partial charge on any atom is 0.328 e. The summed E-state index contributed by atoms with van der Waals surface area (Å²) < 4.78 is 0. The Morgan fingerprint density at radius 3 is 1.83 bits per heavy atom. The topological polar surface area (TPSA) is 208 Å². The third kappa shape index (κ3) is 9.41. The predicted molar refractivity (Wildman–Crippen MR) is 109 cm³/mol. The van der Waals surface area contributed by atoms with E-state index in [1.165, 1.54) is 6.92 Å². The SMILES string of the molecule is CC(C)C(NC(=O)C(N)CCC(=O)O)C(=O)NC(CS)C(=O)NC(C(=O)O)C(C)O. The molecule has 13 heteroatoms. The lowest BCUT2D eigenvalue weighted by Gasteiger charge is -2.26. The Balaban J connectivity index is 5.13. The number of carboxylic acid groups (broad SMARTS) is 2. The molecular formula is C17H30N4O8S. The van der Waals surface area contributed by atoms with Crippen molar-refractivity contribution >= 4 is 42.3 Å². The van der Waals surface area contributed by atoms with Gasteiger partial charge in [-0.3, -0.25) is 19.2 Å². The van der Waals surface area contributed by atoms with Gasteiger partial charge >= 0.3 is 11.9 Å². The minimum Gasteiger partial charge on any atom is -0.481 e. The highest BCUT2D eigenvalue weighted by molar-refractivity contribution is 7.80. The van der Waals surface area contributed by atoms with Gasteiger partial charge in [0.2, 0.25) is 17.7 Å². The summed E-state index contributed by atoms with van der Waals surface area (Å²) in [7, 11) is 0. The summed E-state index contributed by atoms with van der Waals surface area (Å²) in [6.07, 6.45) is -1.81. The van der Waals surface area contributed by atoms with Crippen molar-refractivity contribution in [3.63, 3.8) is 0 Å². The van der Waals surface area contributed by atoms with E-state index in [1.54, 1.807) is 13.8 Å². The number of aliphatic carboxylic acids is 2. The van der Waals surface area contributed by atoms with Gasteiger partial charge in [0.1, 0.15) is 12.1 Å². The summed E-state index contributed by atoms with van der Waals surface area (Å²) in [5, 5.41) is 34.1. The van der Waals surface area contributed by atoms with Crippen molar-refractivity contribution in [1.29, 1.82) is 0 Å². The Hall–Kier alpha value is -2.38. The van der Waals surface area contributed by atoms with Gasteiger partial charge in [0.25, 0.3) is 0 Å². The molecule has 0 rings (SSSR count). The van der Waals surface area contributed by atoms with Crippen molar-refractivity contribution in [2.45, 2.75) is 63.9 Å². The fraction of sp³-hybridized carbons (Fsp3) is 0.706. The highest BCUT2D eigenvalue weighted by Gasteiger charge is 2.32. The molecule has 0 aliphatic heterocycles. The van der Waals surface area contributed by atoms with E-state index in [9.17, 15) is 29.1 Å². The molecule has 3 amide bonds. The summed E-state index contributed by atoms with van der Waals surface area (Å²) in [6.45, 7) is 4.46. The van der Waals surface area contributed by atoms with Gasteiger partial charge in [0.15, 0.2) is 6.04 Å². The minimum atomic E-state index is -1.58. The lowest BCUT2D eigenvalue weighted by Crippen LogP contribution is -2.59. The standard InChI is InChI=1S/C17H30N4O8S/c1-7(2)12(20-14(25)9(18)4-5-11(23)24)16(27)19-10(6-30)15(26)21-13(8(3)22)17(28)29/h7-10,12-13,22,30H,4-6,18H2,1-3H3,(H,19,27)(H,20,25)(H,21,26)(H,23,24)(H,28,29). The summed E-state index contributed by atoms with van der Waals surface area (Å²) in [5.41, 5.74) is 5.64. The number of hydrogen-bond donors (Lipinski definition) is 8. The number of nitrogens with one attached hydrogen (secondary N) is 3. The summed E-state index contributed by atoms with van der Waals surface area (Å²) in [5.74, 6) is -5.49. The van der Waals surface area contributed by atoms with Crippen molar-refractivity contribution in [3.05, 3.63) is 0 Å². The molecule has 0 bridgehead atoms. The third-order valence-electron chi connectivity index (χ3n) is 4.11. The molecule has 0 heterocycles. The molecule has 0 saturated carbocycles. The normalized spacial score (nSPS) is 16.0. The first-order valence-corrected chi connectivity index (χ1v) is 9.85. The van der Waals surface area contributed by atoms with E-state index in [2.05, 4.69) is 28.6 Å². The largest absolute Gasteiger partial charge is 0.481 e. The van der Waals surface area contributed by atoms with Crippen molar-refractivity contribution in [2.24, 2.45) is 11.7 Å². The van der Waals surface area contributed by atoms with Gasteiger partial charge in [-0.1, -0.05) is 13.8 Å². The maximum absolute atomic E-state index is 12.6. The molecule has 12 nitrogen and oxygen atoms in total. The average molecular weight is 451 g/mol. The summed E-state index contributed by atoms with van der Waals surface area (Å²) >= 11 is 3.98. The lowest BCUT2D eigenvalue weighted by molar-refractivity contribution is -0.145. The Morgan fingerprint density at radius 2 is 1.43 bits per heavy atom. The third-order valence-corrected chi connectivity index (χ3v) is 4.48. The molecule has 8 N–H and O–H groups in total. The van der Waals surface area contributed by atoms with Crippen LogP contribution in [0.25, 0.3) is 0 Å². The average Bonchev–Trinajstić information content (AvgIpc) is 2.64. The molecule has 0 aromatic carbocycles. The van der Waals surface area contributed by atoms with Gasteiger partial charge in [-0.2, -0.15) is 12.6 Å². The second-order valence-corrected chi connectivity index (χ2v) is 7.44. The molecule has 0 radical (unpaired) electrons. The zero-order valence-electron chi connectivity index (χ0n) is 17.0. The van der Waals surface area contributed by atoms with Gasteiger partial charge in [0.05, 0.1) is 12.1 Å². The summed E-state index contributed by atoms with van der Waals surface area (Å²) in [6, 6.07) is -5.04. The highest BCUT2D eigenvalue weighted by Crippen LogP contribution is 2.05. The molecular weight excluding hydrogens is 420 g/mol. The van der Waals surface area contributed by atoms with Crippen molar-refractivity contribution in [2.75, 3.05) is 5.75 Å². The predicted octanol–water partition coefficient (Wildman–Crippen LogP) is -2.32. The Morgan fingerprint density at radius 1 is 0.900 bits per heavy atom. The molecule has 30 heavy (non-hydrogen) atoms. The van der Waals surface area contributed by atoms with Crippen LogP contribution >= 0.6 is 12.6 Å². The first-order chi connectivity index (χ1) is 13.8. The van der Waals surface area contributed by atoms with Crippen molar-refractivity contribution in [3.8, 4) is 0 Å². The van der Waals surface area contributed by atoms with E-state index in [4.69, 9.17) is 15.9 Å². The van der Waals surface area contributed by atoms with Gasteiger partial charge < -0.3 is 37.0 Å². The number of amides is 3. The Labute approximate surface area is 179 Å². The molecule has 5 unspecified atom stereocenters. The number of carboxylic acids is 2. The quantitative estimate of drug-likeness (QED) is 0.141. The van der Waals surface area contributed by atoms with Gasteiger partial charge in [-0.15, -0.1) is 0 Å². The van der Waals surface area contributed by atoms with E-state index in [1.807, 2.05) is 0 Å². The molecule has 0 aromatic heterocycles. The fourth-order valence-corrected chi connectivity index (χ4v) is 2.56. The number of hydrogen-bond acceptors (Lipinski definition) is 8. The Bertz CT molecular complexity index is 643. The van der Waals surface area contributed by atoms with E-state index >= 15 is 0 Å². The van der Waals surface area contributed by atoms with Crippen LogP contribution in [0.15, 0.2) is 0 Å². The maximum atomic E-state index is 12.6. The smallest absolute Gasteiger partial charge is 0.328 e. The number of aliphatic hydroxyl groups excluding tert-OH is 1. The molecule has 0 saturated heterocycles. The van der Waals surface area contributed by atoms with Crippen LogP contribution in [-0.4, -0.2) is 81.0 Å². The van der Waals surface area contributed by atoms with Crippen LogP contribution in [0.1, 0.15) is 33.6 Å². The van der Waals surface area contributed by atoms with E-state index in [0.717, 1.165) is 0 Å². The van der Waals surface area contributed by atoms with Crippen LogP contribution < -0.4 is 21.7 Å². The number of thiol groups is 1. The van der Waals surface area contributed by atoms with Gasteiger partial charge in [-0.05, 0) is 19.3 Å². The van der Waals surface area contributed by atoms with Crippen LogP contribution in [0, 0.1) is 5.92 Å². The minimum absolute atomic E-state index is 0.120. The highest BCUT2D eigenvalue weighted by atomic mass is 32.1. The van der Waals surface area contributed by atoms with Crippen LogP contribution in [0.2, 0.25) is 0 Å². The van der Waals surface area contributed by atoms with E-state index in [0.29, 0.717) is 0 Å². The number of nitrogens with two attached hydrogens (primary N) is 1. The van der Waals surface area contributed by atoms with Crippen LogP contribution in [-0.2, 0) is 24.0 Å². The first-order valence-electron chi connectivity index (χ1n) is 9.22. The number of carbonyl (C=O) groups excluding carboxylic acids is 3. The van der Waals surface area contributed by atoms with Crippen LogP contribution in [0.3, 0.4) is 0 Å². The van der Waals surface area contributed by atoms with Crippen molar-refractivity contribution in [1.82, 2.24) is 16.0 Å². The van der Waals surface area contributed by atoms with Gasteiger partial charge in [0, 0.05) is 12.2 Å². The second kappa shape index (κ2) is 13.0. The zero-order valence-corrected chi connectivity index (χ0v) is 17.9. The monoisotopic (exact) mass is 450 g/mol. The first kappa shape index (κ1) is 27.6. The van der Waals surface area contributed by atoms with E-state index in [-0.39, 0.29) is 18.6 Å². The fourth-order valence-electron chi connectivity index (χ4n) is 2.30. The Kier molecular flexibility index (Phi) is 12.0. The molecule has 0 spiro atoms. The lowest BCUT2D eigenvalue weighted by atomic mass is 10.0. The van der Waals surface area contributed by atoms with Crippen LogP contribution in [0.5, 0.6) is 0 Å². The number of carbonyl (C=O) groups is 5. The van der Waals surface area contributed by atoms with Crippen molar-refractivity contribution < 1.29 is 39.3 Å². The number of aliphatic hydroxyl groups is 1. The number of rotatable bonds is 13. The molecule has 0 aliphatic rings. The summed E-state index contributed by atoms with van der Waals surface area (Å²) in [4.78, 5) is 58.8. The molecule has 0 aliphatic carbocycles. The zero-order chi connectivity index (χ0) is 23.6. The molecule has 5 atom stereocenters. The molecule has 172 valence electrons. The van der Waals surface area contributed by atoms with Gasteiger partial charge in [-0.25, -0.2) is 4.79 Å². The molecule has 0 fully saturated rings. The molecule has 0 aromatic rings. The van der Waals surface area contributed by atoms with E-state index < -0.39 is 65.8 Å². The second-order valence-electron chi connectivity index (χ2n) is 7.08. The van der Waals surface area contributed by atoms with Crippen LogP contribution in [0.4, 0.5) is 0 Å².